The number of aliphatic carboxylic acids is 2. The van der Waals surface area contributed by atoms with Gasteiger partial charge in [0.25, 0.3) is 0 Å². The lowest BCUT2D eigenvalue weighted by molar-refractivity contribution is -0.142. The smallest absolute Gasteiger partial charge is 0.325 e. The number of carbonyl (C=O) groups is 8. The van der Waals surface area contributed by atoms with Gasteiger partial charge in [0, 0.05) is 25.9 Å². The van der Waals surface area contributed by atoms with E-state index < -0.39 is 90.1 Å². The van der Waals surface area contributed by atoms with E-state index in [2.05, 4.69) is 36.6 Å². The van der Waals surface area contributed by atoms with Crippen LogP contribution >= 0.6 is 11.8 Å². The van der Waals surface area contributed by atoms with Crippen LogP contribution in [0.5, 0.6) is 0 Å². The number of nitrogens with one attached hydrogen (secondary N) is 5. The van der Waals surface area contributed by atoms with Gasteiger partial charge in [0.2, 0.25) is 35.4 Å². The SMILES string of the molecule is CSCC[C@H](NC(=O)[C@@H](N)CCC(=O)O)C(=O)N[C@@H](CCC(N)=O)C(=O)N[C@@H](CCCN=C(N)N)C(=O)N[C@@H](CCCN=C(N)N)C(=O)N[C@@H](C)C(=O)O. The second-order valence-corrected chi connectivity index (χ2v) is 13.0. The standard InChI is InChI=1S/C30H55N13O10S/c1-15(28(52)53)39-24(48)17(5-3-12-37-29(33)34)41-25(49)18(6-4-13-38-30(35)36)42-26(50)19(8-9-21(32)44)43-27(51)20(11-14-54-2)40-23(47)16(31)7-10-22(45)46/h15-20H,3-14,31H2,1-2H3,(H2,32,44)(H,39,48)(H,40,47)(H,41,49)(H,42,50)(H,43,51)(H,45,46)(H,52,53)(H4,33,34,37)(H4,35,36,38)/t15-,16-,17-,18-,19-,20-/m0/s1. The van der Waals surface area contributed by atoms with Crippen molar-refractivity contribution in [1.82, 2.24) is 26.6 Å². The molecule has 0 saturated heterocycles. The van der Waals surface area contributed by atoms with Crippen LogP contribution < -0.4 is 61.0 Å². The van der Waals surface area contributed by atoms with Gasteiger partial charge in [-0.1, -0.05) is 0 Å². The number of rotatable bonds is 28. The summed E-state index contributed by atoms with van der Waals surface area (Å²) in [5, 5.41) is 30.4. The fraction of sp³-hybridized carbons (Fsp3) is 0.667. The molecule has 6 amide bonds. The minimum Gasteiger partial charge on any atom is -0.481 e. The summed E-state index contributed by atoms with van der Waals surface area (Å²) in [6, 6.07) is -7.95. The van der Waals surface area contributed by atoms with Crippen molar-refractivity contribution in [2.45, 2.75) is 101 Å². The Labute approximate surface area is 316 Å². The Bertz CT molecular complexity index is 1360. The maximum absolute atomic E-state index is 13.7. The third kappa shape index (κ3) is 21.9. The van der Waals surface area contributed by atoms with Gasteiger partial charge < -0.3 is 71.2 Å². The fourth-order valence-corrected chi connectivity index (χ4v) is 4.96. The molecular weight excluding hydrogens is 734 g/mol. The zero-order chi connectivity index (χ0) is 41.4. The van der Waals surface area contributed by atoms with Crippen molar-refractivity contribution < 1.29 is 48.6 Å². The van der Waals surface area contributed by atoms with Gasteiger partial charge in [-0.3, -0.25) is 48.3 Å². The van der Waals surface area contributed by atoms with Gasteiger partial charge in [-0.2, -0.15) is 11.8 Å². The molecule has 0 aliphatic carbocycles. The average molecular weight is 790 g/mol. The molecule has 23 nitrogen and oxygen atoms in total. The molecule has 0 aliphatic heterocycles. The first-order valence-corrected chi connectivity index (χ1v) is 18.3. The molecule has 0 heterocycles. The minimum absolute atomic E-state index is 0.0355. The number of carboxylic acids is 2. The van der Waals surface area contributed by atoms with E-state index in [0.29, 0.717) is 5.75 Å². The summed E-state index contributed by atoms with van der Waals surface area (Å²) < 4.78 is 0. The number of hydrogen-bond acceptors (Lipinski definition) is 12. The summed E-state index contributed by atoms with van der Waals surface area (Å²) in [6.45, 7) is 1.33. The van der Waals surface area contributed by atoms with Crippen molar-refractivity contribution in [3.8, 4) is 0 Å². The van der Waals surface area contributed by atoms with Crippen LogP contribution in [0.4, 0.5) is 0 Å². The van der Waals surface area contributed by atoms with Crippen LogP contribution in [0.15, 0.2) is 9.98 Å². The molecular formula is C30H55N13O10S. The van der Waals surface area contributed by atoms with E-state index in [9.17, 15) is 43.5 Å². The van der Waals surface area contributed by atoms with E-state index in [1.807, 2.05) is 0 Å². The highest BCUT2D eigenvalue weighted by Crippen LogP contribution is 2.08. The fourth-order valence-electron chi connectivity index (χ4n) is 4.49. The summed E-state index contributed by atoms with van der Waals surface area (Å²) in [7, 11) is 0. The Morgan fingerprint density at radius 3 is 1.39 bits per heavy atom. The lowest BCUT2D eigenvalue weighted by Crippen LogP contribution is -2.59. The van der Waals surface area contributed by atoms with Crippen molar-refractivity contribution in [1.29, 1.82) is 0 Å². The van der Waals surface area contributed by atoms with Crippen LogP contribution in [0.2, 0.25) is 0 Å². The maximum atomic E-state index is 13.7. The van der Waals surface area contributed by atoms with Gasteiger partial charge >= 0.3 is 11.9 Å². The number of hydrogen-bond donors (Lipinski definition) is 13. The van der Waals surface area contributed by atoms with Crippen LogP contribution in [0.3, 0.4) is 0 Å². The molecule has 6 atom stereocenters. The molecule has 0 saturated carbocycles. The summed E-state index contributed by atoms with van der Waals surface area (Å²) in [5.41, 5.74) is 32.6. The quantitative estimate of drug-likeness (QED) is 0.0200. The highest BCUT2D eigenvalue weighted by molar-refractivity contribution is 7.98. The first-order chi connectivity index (χ1) is 25.3. The molecule has 0 bridgehead atoms. The lowest BCUT2D eigenvalue weighted by atomic mass is 10.0. The van der Waals surface area contributed by atoms with Crippen LogP contribution in [0, 0.1) is 0 Å². The Hall–Kier alpha value is -5.39. The molecule has 54 heavy (non-hydrogen) atoms. The predicted molar refractivity (Wildman–Crippen MR) is 199 cm³/mol. The van der Waals surface area contributed by atoms with Crippen molar-refractivity contribution >= 4 is 71.1 Å². The zero-order valence-corrected chi connectivity index (χ0v) is 31.2. The third-order valence-electron chi connectivity index (χ3n) is 7.45. The number of primary amides is 1. The largest absolute Gasteiger partial charge is 0.481 e. The number of aliphatic imine (C=N–C) groups is 2. The van der Waals surface area contributed by atoms with Gasteiger partial charge in [-0.05, 0) is 63.9 Å². The van der Waals surface area contributed by atoms with E-state index in [-0.39, 0.29) is 76.4 Å². The highest BCUT2D eigenvalue weighted by atomic mass is 32.2. The molecule has 19 N–H and O–H groups in total. The topological polar surface area (TPSA) is 418 Å². The van der Waals surface area contributed by atoms with Crippen molar-refractivity contribution in [3.05, 3.63) is 0 Å². The number of amides is 6. The number of nitrogens with zero attached hydrogens (tertiary/aromatic N) is 2. The Morgan fingerprint density at radius 2 is 1.00 bits per heavy atom. The molecule has 0 radical (unpaired) electrons. The molecule has 0 aromatic carbocycles. The van der Waals surface area contributed by atoms with Gasteiger partial charge in [0.15, 0.2) is 11.9 Å². The van der Waals surface area contributed by atoms with Gasteiger partial charge in [0.1, 0.15) is 30.2 Å². The van der Waals surface area contributed by atoms with E-state index >= 15 is 0 Å². The molecule has 0 aliphatic rings. The second kappa shape index (κ2) is 26.4. The first-order valence-electron chi connectivity index (χ1n) is 16.9. The maximum Gasteiger partial charge on any atom is 0.325 e. The van der Waals surface area contributed by atoms with Crippen molar-refractivity contribution in [2.24, 2.45) is 44.4 Å². The van der Waals surface area contributed by atoms with Crippen molar-refractivity contribution in [3.63, 3.8) is 0 Å². The number of thioether (sulfide) groups is 1. The highest BCUT2D eigenvalue weighted by Gasteiger charge is 2.32. The van der Waals surface area contributed by atoms with E-state index in [4.69, 9.17) is 39.5 Å². The van der Waals surface area contributed by atoms with E-state index in [1.165, 1.54) is 18.7 Å². The molecule has 0 aromatic rings. The van der Waals surface area contributed by atoms with Gasteiger partial charge in [-0.25, -0.2) is 0 Å². The predicted octanol–water partition coefficient (Wildman–Crippen LogP) is -5.17. The second-order valence-electron chi connectivity index (χ2n) is 12.0. The molecule has 24 heteroatoms. The van der Waals surface area contributed by atoms with Crippen molar-refractivity contribution in [2.75, 3.05) is 25.1 Å². The molecule has 0 rings (SSSR count). The number of nitrogens with two attached hydrogens (primary N) is 6. The molecule has 0 unspecified atom stereocenters. The van der Waals surface area contributed by atoms with E-state index in [0.717, 1.165) is 0 Å². The number of carboxylic acid groups (broad SMARTS) is 2. The molecule has 0 aromatic heterocycles. The Morgan fingerprint density at radius 1 is 0.593 bits per heavy atom. The average Bonchev–Trinajstić information content (AvgIpc) is 3.08. The Balaban J connectivity index is 6.37. The Kier molecular flexibility index (Phi) is 23.8. The summed E-state index contributed by atoms with van der Waals surface area (Å²) in [6.07, 6.45) is 0.716. The van der Waals surface area contributed by atoms with Gasteiger partial charge in [0.05, 0.1) is 6.04 Å². The number of carbonyl (C=O) groups excluding carboxylic acids is 6. The third-order valence-corrected chi connectivity index (χ3v) is 8.09. The molecule has 0 spiro atoms. The van der Waals surface area contributed by atoms with Crippen LogP contribution in [-0.4, -0.2) is 131 Å². The minimum atomic E-state index is -1.47. The van der Waals surface area contributed by atoms with Crippen LogP contribution in [0.25, 0.3) is 0 Å². The molecule has 306 valence electrons. The summed E-state index contributed by atoms with van der Waals surface area (Å²) in [4.78, 5) is 108. The molecule has 0 fully saturated rings. The van der Waals surface area contributed by atoms with Crippen LogP contribution in [-0.2, 0) is 38.4 Å². The van der Waals surface area contributed by atoms with Crippen LogP contribution in [0.1, 0.15) is 64.7 Å². The summed E-state index contributed by atoms with van der Waals surface area (Å²) >= 11 is 1.35. The lowest BCUT2D eigenvalue weighted by Gasteiger charge is -2.27. The first kappa shape index (κ1) is 48.6. The zero-order valence-electron chi connectivity index (χ0n) is 30.4. The van der Waals surface area contributed by atoms with E-state index in [1.54, 1.807) is 6.26 Å². The number of guanidine groups is 2. The normalized spacial score (nSPS) is 14.0. The van der Waals surface area contributed by atoms with Gasteiger partial charge in [-0.15, -0.1) is 0 Å². The summed E-state index contributed by atoms with van der Waals surface area (Å²) in [5.74, 6) is -7.68. The monoisotopic (exact) mass is 789 g/mol.